The normalized spacial score (nSPS) is 18.7. The fourth-order valence-corrected chi connectivity index (χ4v) is 6.66. The number of hydrogen-bond donors (Lipinski definition) is 1. The number of nitrogens with zero attached hydrogens (tertiary/aromatic N) is 2. The summed E-state index contributed by atoms with van der Waals surface area (Å²) in [5.41, 5.74) is 2.90. The molecule has 1 N–H and O–H groups in total. The number of rotatable bonds is 8. The molecule has 2 heterocycles. The first-order valence-corrected chi connectivity index (χ1v) is 14.1. The van der Waals surface area contributed by atoms with Crippen LogP contribution in [0.3, 0.4) is 0 Å². The number of benzene rings is 2. The Morgan fingerprint density at radius 1 is 1.13 bits per heavy atom. The van der Waals surface area contributed by atoms with Gasteiger partial charge in [0.25, 0.3) is 10.0 Å². The summed E-state index contributed by atoms with van der Waals surface area (Å²) in [6.45, 7) is 0.534. The van der Waals surface area contributed by atoms with Crippen molar-refractivity contribution < 1.29 is 27.8 Å². The average molecular weight is 575 g/mol. The van der Waals surface area contributed by atoms with Gasteiger partial charge in [-0.3, -0.25) is 14.1 Å². The Balaban J connectivity index is 1.38. The van der Waals surface area contributed by atoms with Crippen LogP contribution in [0.4, 0.5) is 5.69 Å². The summed E-state index contributed by atoms with van der Waals surface area (Å²) in [6, 6.07) is 12.8. The molecule has 1 aliphatic carbocycles. The van der Waals surface area contributed by atoms with Gasteiger partial charge in [-0.15, -0.1) is 0 Å². The highest BCUT2D eigenvalue weighted by Gasteiger charge is 2.29. The van der Waals surface area contributed by atoms with Gasteiger partial charge in [-0.1, -0.05) is 41.4 Å². The van der Waals surface area contributed by atoms with Crippen molar-refractivity contribution in [3.63, 3.8) is 0 Å². The first-order chi connectivity index (χ1) is 18.2. The molecule has 2 aliphatic rings. The zero-order valence-corrected chi connectivity index (χ0v) is 22.4. The molecule has 5 rings (SSSR count). The summed E-state index contributed by atoms with van der Waals surface area (Å²) in [6.07, 6.45) is 7.20. The van der Waals surface area contributed by atoms with Crippen molar-refractivity contribution >= 4 is 51.0 Å². The van der Waals surface area contributed by atoms with Crippen molar-refractivity contribution in [2.45, 2.75) is 29.8 Å². The molecule has 1 fully saturated rings. The third-order valence-electron chi connectivity index (χ3n) is 6.40. The Hall–Kier alpha value is -3.11. The highest BCUT2D eigenvalue weighted by molar-refractivity contribution is 7.92. The monoisotopic (exact) mass is 574 g/mol. The van der Waals surface area contributed by atoms with Crippen molar-refractivity contribution in [1.82, 2.24) is 4.98 Å². The first-order valence-electron chi connectivity index (χ1n) is 11.9. The van der Waals surface area contributed by atoms with Gasteiger partial charge in [0.15, 0.2) is 0 Å². The van der Waals surface area contributed by atoms with E-state index in [1.54, 1.807) is 18.3 Å². The van der Waals surface area contributed by atoms with E-state index >= 15 is 0 Å². The molecule has 11 heteroatoms. The molecule has 3 aromatic rings. The number of carbonyl (C=O) groups is 1. The second-order valence-electron chi connectivity index (χ2n) is 9.09. The maximum atomic E-state index is 13.4. The molecule has 0 radical (unpaired) electrons. The van der Waals surface area contributed by atoms with Gasteiger partial charge in [-0.05, 0) is 60.0 Å². The third kappa shape index (κ3) is 5.81. The van der Waals surface area contributed by atoms with Crippen LogP contribution in [-0.2, 0) is 26.0 Å². The molecule has 38 heavy (non-hydrogen) atoms. The number of carboxylic acids is 1. The van der Waals surface area contributed by atoms with Gasteiger partial charge in [-0.2, -0.15) is 0 Å². The van der Waals surface area contributed by atoms with E-state index in [1.165, 1.54) is 18.2 Å². The van der Waals surface area contributed by atoms with Crippen LogP contribution < -0.4 is 9.04 Å². The molecular formula is C27H24Cl2N2O6S. The molecule has 0 saturated carbocycles. The highest BCUT2D eigenvalue weighted by Crippen LogP contribution is 2.34. The zero-order valence-electron chi connectivity index (χ0n) is 20.1. The van der Waals surface area contributed by atoms with Crippen LogP contribution in [0.5, 0.6) is 5.75 Å². The highest BCUT2D eigenvalue weighted by atomic mass is 35.5. The Labute approximate surface area is 230 Å². The van der Waals surface area contributed by atoms with Crippen molar-refractivity contribution in [1.29, 1.82) is 0 Å². The molecule has 2 aromatic carbocycles. The van der Waals surface area contributed by atoms with E-state index in [1.807, 2.05) is 30.4 Å². The van der Waals surface area contributed by atoms with Crippen LogP contribution in [-0.4, -0.2) is 50.3 Å². The number of ether oxygens (including phenoxy) is 2. The molecule has 1 unspecified atom stereocenters. The lowest BCUT2D eigenvalue weighted by Crippen LogP contribution is -2.35. The standard InChI is InChI=1S/C27H24Cl2N2O6S/c28-20-11-21(29)13-25(12-20)38(34,35)31(15-27(32)33)22-4-3-17-9-19(2-1-18(17)10-22)26-6-5-23(14-30-26)37-24-7-8-36-16-24/h1-6,10-14,19,24H,7-9,15-16H2,(H,32,33)/t19?,24-/m1/s1. The minimum atomic E-state index is -4.26. The minimum Gasteiger partial charge on any atom is -0.486 e. The zero-order chi connectivity index (χ0) is 26.9. The molecule has 1 aromatic heterocycles. The Morgan fingerprint density at radius 3 is 2.58 bits per heavy atom. The van der Waals surface area contributed by atoms with E-state index in [0.717, 1.165) is 27.5 Å². The Bertz CT molecular complexity index is 1470. The summed E-state index contributed by atoms with van der Waals surface area (Å²) >= 11 is 12.0. The van der Waals surface area contributed by atoms with Crippen LogP contribution in [0.15, 0.2) is 65.7 Å². The molecule has 198 valence electrons. The smallest absolute Gasteiger partial charge is 0.324 e. The number of anilines is 1. The number of aliphatic carboxylic acids is 1. The maximum absolute atomic E-state index is 13.4. The van der Waals surface area contributed by atoms with E-state index in [4.69, 9.17) is 32.7 Å². The van der Waals surface area contributed by atoms with Crippen LogP contribution in [0.2, 0.25) is 10.0 Å². The SMILES string of the molecule is O=C(O)CN(c1ccc2c(c1)C=CC(c1ccc(O[C@@H]3CCOC3)cn1)C2)S(=O)(=O)c1cc(Cl)cc(Cl)c1. The van der Waals surface area contributed by atoms with Crippen LogP contribution in [0, 0.1) is 0 Å². The number of aromatic nitrogens is 1. The van der Waals surface area contributed by atoms with E-state index in [-0.39, 0.29) is 32.7 Å². The molecule has 1 aliphatic heterocycles. The number of halogens is 2. The summed E-state index contributed by atoms with van der Waals surface area (Å²) < 4.78 is 38.9. The van der Waals surface area contributed by atoms with Crippen molar-refractivity contribution in [2.75, 3.05) is 24.1 Å². The van der Waals surface area contributed by atoms with Gasteiger partial charge in [0.2, 0.25) is 0 Å². The predicted molar refractivity (Wildman–Crippen MR) is 145 cm³/mol. The van der Waals surface area contributed by atoms with Crippen LogP contribution >= 0.6 is 23.2 Å². The summed E-state index contributed by atoms with van der Waals surface area (Å²) in [7, 11) is -4.26. The fourth-order valence-electron chi connectivity index (χ4n) is 4.53. The number of sulfonamides is 1. The first kappa shape index (κ1) is 26.5. The molecule has 2 atom stereocenters. The quantitative estimate of drug-likeness (QED) is 0.394. The van der Waals surface area contributed by atoms with Crippen LogP contribution in [0.1, 0.15) is 29.2 Å². The Kier molecular flexibility index (Phi) is 7.63. The molecule has 8 nitrogen and oxygen atoms in total. The lowest BCUT2D eigenvalue weighted by atomic mass is 9.87. The number of allylic oxidation sites excluding steroid dienone is 1. The number of carboxylic acid groups (broad SMARTS) is 1. The predicted octanol–water partition coefficient (Wildman–Crippen LogP) is 5.19. The summed E-state index contributed by atoms with van der Waals surface area (Å²) in [4.78, 5) is 16.0. The fraction of sp³-hybridized carbons (Fsp3) is 0.259. The number of hydrogen-bond acceptors (Lipinski definition) is 6. The third-order valence-corrected chi connectivity index (χ3v) is 8.59. The van der Waals surface area contributed by atoms with Crippen molar-refractivity contribution in [2.24, 2.45) is 0 Å². The number of fused-ring (bicyclic) bond motifs is 1. The molecule has 1 saturated heterocycles. The van der Waals surface area contributed by atoms with Crippen molar-refractivity contribution in [3.8, 4) is 5.75 Å². The summed E-state index contributed by atoms with van der Waals surface area (Å²) in [5, 5.41) is 9.73. The molecule has 0 bridgehead atoms. The van der Waals surface area contributed by atoms with Gasteiger partial charge in [0, 0.05) is 28.1 Å². The van der Waals surface area contributed by atoms with E-state index < -0.39 is 22.5 Å². The molecule has 0 spiro atoms. The summed E-state index contributed by atoms with van der Waals surface area (Å²) in [5.74, 6) is -0.562. The van der Waals surface area contributed by atoms with Gasteiger partial charge in [0.1, 0.15) is 18.4 Å². The average Bonchev–Trinajstić information content (AvgIpc) is 3.39. The maximum Gasteiger partial charge on any atom is 0.324 e. The van der Waals surface area contributed by atoms with Crippen LogP contribution in [0.25, 0.3) is 6.08 Å². The van der Waals surface area contributed by atoms with Gasteiger partial charge in [0.05, 0.1) is 30.0 Å². The number of pyridine rings is 1. The second kappa shape index (κ2) is 10.9. The Morgan fingerprint density at radius 2 is 1.92 bits per heavy atom. The van der Waals surface area contributed by atoms with Gasteiger partial charge >= 0.3 is 5.97 Å². The topological polar surface area (TPSA) is 106 Å². The second-order valence-corrected chi connectivity index (χ2v) is 11.8. The van der Waals surface area contributed by atoms with Gasteiger partial charge in [-0.25, -0.2) is 8.42 Å². The van der Waals surface area contributed by atoms with E-state index in [9.17, 15) is 18.3 Å². The van der Waals surface area contributed by atoms with E-state index in [2.05, 4.69) is 4.98 Å². The minimum absolute atomic E-state index is 0.0321. The lowest BCUT2D eigenvalue weighted by Gasteiger charge is -2.25. The molecular weight excluding hydrogens is 551 g/mol. The van der Waals surface area contributed by atoms with E-state index in [0.29, 0.717) is 25.4 Å². The van der Waals surface area contributed by atoms with Crippen molar-refractivity contribution in [3.05, 3.63) is 87.7 Å². The molecule has 0 amide bonds. The van der Waals surface area contributed by atoms with Gasteiger partial charge < -0.3 is 14.6 Å². The largest absolute Gasteiger partial charge is 0.486 e. The lowest BCUT2D eigenvalue weighted by molar-refractivity contribution is -0.135.